The molecule has 0 saturated carbocycles. The van der Waals surface area contributed by atoms with Gasteiger partial charge in [0.05, 0.1) is 7.11 Å². The molecule has 0 spiro atoms. The van der Waals surface area contributed by atoms with Gasteiger partial charge in [-0.05, 0) is 36.8 Å². The standard InChI is InChI=1S/C17H21NO2/c1-14-3-5-15(6-4-14)13-18-11-12-20-17-9-7-16(19-2)8-10-17/h3-10,18H,11-13H2,1-2H3. The Labute approximate surface area is 120 Å². The van der Waals surface area contributed by atoms with Gasteiger partial charge in [-0.25, -0.2) is 0 Å². The first-order valence-corrected chi connectivity index (χ1v) is 6.81. The topological polar surface area (TPSA) is 30.5 Å². The molecule has 2 aromatic carbocycles. The van der Waals surface area contributed by atoms with Gasteiger partial charge in [0, 0.05) is 13.1 Å². The van der Waals surface area contributed by atoms with Gasteiger partial charge in [-0.2, -0.15) is 0 Å². The molecular formula is C17H21NO2. The molecule has 0 aliphatic heterocycles. The largest absolute Gasteiger partial charge is 0.497 e. The monoisotopic (exact) mass is 271 g/mol. The Bertz CT molecular complexity index is 506. The predicted octanol–water partition coefficient (Wildman–Crippen LogP) is 3.17. The van der Waals surface area contributed by atoms with Gasteiger partial charge in [-0.3, -0.25) is 0 Å². The minimum Gasteiger partial charge on any atom is -0.497 e. The minimum atomic E-state index is 0.651. The van der Waals surface area contributed by atoms with Crippen LogP contribution in [0.5, 0.6) is 11.5 Å². The molecule has 20 heavy (non-hydrogen) atoms. The van der Waals surface area contributed by atoms with Gasteiger partial charge in [0.15, 0.2) is 0 Å². The highest BCUT2D eigenvalue weighted by molar-refractivity contribution is 5.31. The summed E-state index contributed by atoms with van der Waals surface area (Å²) in [5.74, 6) is 1.71. The molecular weight excluding hydrogens is 250 g/mol. The number of methoxy groups -OCH3 is 1. The highest BCUT2D eigenvalue weighted by Crippen LogP contribution is 2.16. The number of benzene rings is 2. The van der Waals surface area contributed by atoms with E-state index >= 15 is 0 Å². The summed E-state index contributed by atoms with van der Waals surface area (Å²) < 4.78 is 10.7. The molecule has 0 heterocycles. The number of rotatable bonds is 7. The molecule has 1 N–H and O–H groups in total. The lowest BCUT2D eigenvalue weighted by Crippen LogP contribution is -2.20. The van der Waals surface area contributed by atoms with E-state index in [0.29, 0.717) is 6.61 Å². The molecule has 0 radical (unpaired) electrons. The molecule has 0 unspecified atom stereocenters. The third-order valence-corrected chi connectivity index (χ3v) is 3.06. The van der Waals surface area contributed by atoms with Crippen LogP contribution in [0.2, 0.25) is 0 Å². The van der Waals surface area contributed by atoms with Crippen LogP contribution in [0.1, 0.15) is 11.1 Å². The Kier molecular flexibility index (Phi) is 5.44. The van der Waals surface area contributed by atoms with Gasteiger partial charge in [-0.15, -0.1) is 0 Å². The zero-order valence-electron chi connectivity index (χ0n) is 12.1. The van der Waals surface area contributed by atoms with Gasteiger partial charge in [0.2, 0.25) is 0 Å². The van der Waals surface area contributed by atoms with Crippen LogP contribution < -0.4 is 14.8 Å². The zero-order chi connectivity index (χ0) is 14.2. The quantitative estimate of drug-likeness (QED) is 0.785. The molecule has 3 nitrogen and oxygen atoms in total. The lowest BCUT2D eigenvalue weighted by molar-refractivity contribution is 0.313. The molecule has 0 aliphatic rings. The summed E-state index contributed by atoms with van der Waals surface area (Å²) in [6.45, 7) is 4.43. The molecule has 0 atom stereocenters. The van der Waals surface area contributed by atoms with Gasteiger partial charge in [0.25, 0.3) is 0 Å². The van der Waals surface area contributed by atoms with E-state index in [1.165, 1.54) is 11.1 Å². The van der Waals surface area contributed by atoms with Crippen molar-refractivity contribution in [2.75, 3.05) is 20.3 Å². The van der Waals surface area contributed by atoms with E-state index < -0.39 is 0 Å². The molecule has 0 fully saturated rings. The van der Waals surface area contributed by atoms with Gasteiger partial charge in [0.1, 0.15) is 18.1 Å². The molecule has 0 saturated heterocycles. The molecule has 2 rings (SSSR count). The van der Waals surface area contributed by atoms with Crippen LogP contribution in [0.3, 0.4) is 0 Å². The fraction of sp³-hybridized carbons (Fsp3) is 0.294. The summed E-state index contributed by atoms with van der Waals surface area (Å²) in [7, 11) is 1.66. The van der Waals surface area contributed by atoms with Crippen LogP contribution in [0, 0.1) is 6.92 Å². The summed E-state index contributed by atoms with van der Waals surface area (Å²) in [4.78, 5) is 0. The highest BCUT2D eigenvalue weighted by atomic mass is 16.5. The van der Waals surface area contributed by atoms with Crippen molar-refractivity contribution in [3.8, 4) is 11.5 Å². The van der Waals surface area contributed by atoms with E-state index in [4.69, 9.17) is 9.47 Å². The molecule has 0 bridgehead atoms. The lowest BCUT2D eigenvalue weighted by atomic mass is 10.1. The number of aryl methyl sites for hydroxylation is 1. The summed E-state index contributed by atoms with van der Waals surface area (Å²) in [5.41, 5.74) is 2.58. The molecule has 3 heteroatoms. The van der Waals surface area contributed by atoms with Crippen molar-refractivity contribution in [2.24, 2.45) is 0 Å². The van der Waals surface area contributed by atoms with Crippen molar-refractivity contribution in [3.05, 3.63) is 59.7 Å². The van der Waals surface area contributed by atoms with Crippen LogP contribution in [-0.2, 0) is 6.54 Å². The SMILES string of the molecule is COc1ccc(OCCNCc2ccc(C)cc2)cc1. The lowest BCUT2D eigenvalue weighted by Gasteiger charge is -2.08. The first-order chi connectivity index (χ1) is 9.78. The van der Waals surface area contributed by atoms with E-state index in [9.17, 15) is 0 Å². The van der Waals surface area contributed by atoms with Crippen LogP contribution >= 0.6 is 0 Å². The van der Waals surface area contributed by atoms with E-state index in [1.54, 1.807) is 7.11 Å². The van der Waals surface area contributed by atoms with E-state index in [0.717, 1.165) is 24.6 Å². The van der Waals surface area contributed by atoms with Crippen LogP contribution in [0.4, 0.5) is 0 Å². The second kappa shape index (κ2) is 7.56. The fourth-order valence-corrected chi connectivity index (χ4v) is 1.85. The fourth-order valence-electron chi connectivity index (χ4n) is 1.85. The van der Waals surface area contributed by atoms with Crippen LogP contribution in [-0.4, -0.2) is 20.3 Å². The maximum atomic E-state index is 5.64. The van der Waals surface area contributed by atoms with E-state index in [1.807, 2.05) is 24.3 Å². The second-order valence-corrected chi connectivity index (χ2v) is 4.69. The molecule has 2 aromatic rings. The van der Waals surface area contributed by atoms with Crippen LogP contribution in [0.25, 0.3) is 0 Å². The van der Waals surface area contributed by atoms with E-state index in [-0.39, 0.29) is 0 Å². The number of hydrogen-bond acceptors (Lipinski definition) is 3. The van der Waals surface area contributed by atoms with Crippen LogP contribution in [0.15, 0.2) is 48.5 Å². The predicted molar refractivity (Wildman–Crippen MR) is 81.4 cm³/mol. The molecule has 0 aliphatic carbocycles. The van der Waals surface area contributed by atoms with Crippen molar-refractivity contribution in [1.82, 2.24) is 5.32 Å². The number of ether oxygens (including phenoxy) is 2. The maximum Gasteiger partial charge on any atom is 0.119 e. The van der Waals surface area contributed by atoms with Gasteiger partial charge in [-0.1, -0.05) is 29.8 Å². The normalized spacial score (nSPS) is 10.3. The number of hydrogen-bond donors (Lipinski definition) is 1. The Morgan fingerprint density at radius 1 is 0.900 bits per heavy atom. The number of nitrogens with one attached hydrogen (secondary N) is 1. The molecule has 0 amide bonds. The smallest absolute Gasteiger partial charge is 0.119 e. The summed E-state index contributed by atoms with van der Waals surface area (Å²) >= 11 is 0. The Morgan fingerprint density at radius 3 is 2.20 bits per heavy atom. The first-order valence-electron chi connectivity index (χ1n) is 6.81. The second-order valence-electron chi connectivity index (χ2n) is 4.69. The highest BCUT2D eigenvalue weighted by Gasteiger charge is 1.96. The average molecular weight is 271 g/mol. The van der Waals surface area contributed by atoms with Crippen molar-refractivity contribution >= 4 is 0 Å². The van der Waals surface area contributed by atoms with Crippen molar-refractivity contribution in [3.63, 3.8) is 0 Å². The average Bonchev–Trinajstić information content (AvgIpc) is 2.49. The zero-order valence-corrected chi connectivity index (χ0v) is 12.1. The Hall–Kier alpha value is -2.00. The van der Waals surface area contributed by atoms with Crippen molar-refractivity contribution < 1.29 is 9.47 Å². The molecule has 0 aromatic heterocycles. The first kappa shape index (κ1) is 14.4. The summed E-state index contributed by atoms with van der Waals surface area (Å²) in [5, 5.41) is 3.36. The summed E-state index contributed by atoms with van der Waals surface area (Å²) in [6, 6.07) is 16.2. The summed E-state index contributed by atoms with van der Waals surface area (Å²) in [6.07, 6.45) is 0. The van der Waals surface area contributed by atoms with Gasteiger partial charge >= 0.3 is 0 Å². The van der Waals surface area contributed by atoms with E-state index in [2.05, 4.69) is 36.5 Å². The minimum absolute atomic E-state index is 0.651. The Balaban J connectivity index is 1.64. The Morgan fingerprint density at radius 2 is 1.55 bits per heavy atom. The third kappa shape index (κ3) is 4.59. The van der Waals surface area contributed by atoms with Crippen molar-refractivity contribution in [2.45, 2.75) is 13.5 Å². The maximum absolute atomic E-state index is 5.64. The third-order valence-electron chi connectivity index (χ3n) is 3.06. The van der Waals surface area contributed by atoms with Gasteiger partial charge < -0.3 is 14.8 Å². The molecule has 106 valence electrons. The van der Waals surface area contributed by atoms with Crippen molar-refractivity contribution in [1.29, 1.82) is 0 Å².